The Morgan fingerprint density at radius 3 is 2.57 bits per heavy atom. The molecule has 37 heavy (non-hydrogen) atoms. The van der Waals surface area contributed by atoms with E-state index in [1.54, 1.807) is 11.0 Å². The molecule has 1 saturated heterocycles. The molecule has 206 valence electrons. The fraction of sp³-hybridized carbons (Fsp3) is 0.867. The van der Waals surface area contributed by atoms with Crippen LogP contribution in [0.25, 0.3) is 0 Å². The second kappa shape index (κ2) is 9.25. The minimum Gasteiger partial charge on any atom is -0.465 e. The Kier molecular flexibility index (Phi) is 6.42. The number of carbonyl (C=O) groups is 2. The van der Waals surface area contributed by atoms with Crippen LogP contribution in [-0.2, 0) is 9.53 Å². The molecule has 0 unspecified atom stereocenters. The van der Waals surface area contributed by atoms with E-state index in [4.69, 9.17) is 4.74 Å². The second-order valence-electron chi connectivity index (χ2n) is 13.7. The van der Waals surface area contributed by atoms with Crippen molar-refractivity contribution in [3.63, 3.8) is 0 Å². The smallest absolute Gasteiger partial charge is 0.407 e. The summed E-state index contributed by atoms with van der Waals surface area (Å²) in [7, 11) is 0. The van der Waals surface area contributed by atoms with Gasteiger partial charge >= 0.3 is 12.1 Å². The van der Waals surface area contributed by atoms with Crippen LogP contribution in [0.1, 0.15) is 84.5 Å². The summed E-state index contributed by atoms with van der Waals surface area (Å²) < 4.78 is 5.26. The summed E-state index contributed by atoms with van der Waals surface area (Å²) in [6.07, 6.45) is 12.3. The Morgan fingerprint density at radius 1 is 1.08 bits per heavy atom. The number of carboxylic acid groups (broad SMARTS) is 1. The Labute approximate surface area is 221 Å². The van der Waals surface area contributed by atoms with Crippen LogP contribution in [0.3, 0.4) is 0 Å². The molecule has 7 nitrogen and oxygen atoms in total. The summed E-state index contributed by atoms with van der Waals surface area (Å²) >= 11 is 0. The monoisotopic (exact) mass is 514 g/mol. The molecule has 2 heterocycles. The number of cyclic esters (lactones) is 1. The number of hydrogen-bond acceptors (Lipinski definition) is 5. The van der Waals surface area contributed by atoms with E-state index in [0.29, 0.717) is 30.9 Å². The van der Waals surface area contributed by atoms with Crippen molar-refractivity contribution in [3.8, 4) is 0 Å². The van der Waals surface area contributed by atoms with Crippen molar-refractivity contribution in [2.24, 2.45) is 34.5 Å². The third kappa shape index (κ3) is 3.97. The zero-order chi connectivity index (χ0) is 26.0. The Bertz CT molecular complexity index is 962. The van der Waals surface area contributed by atoms with E-state index in [1.165, 1.54) is 12.8 Å². The molecule has 0 aromatic heterocycles. The van der Waals surface area contributed by atoms with E-state index in [9.17, 15) is 19.8 Å². The van der Waals surface area contributed by atoms with E-state index in [0.717, 1.165) is 83.0 Å². The first-order chi connectivity index (χ1) is 17.7. The van der Waals surface area contributed by atoms with Gasteiger partial charge in [0.05, 0.1) is 5.60 Å². The molecule has 0 aromatic rings. The number of likely N-dealkylation sites (tertiary alicyclic amines) is 1. The third-order valence-corrected chi connectivity index (χ3v) is 12.5. The van der Waals surface area contributed by atoms with Crippen LogP contribution >= 0.6 is 0 Å². The highest BCUT2D eigenvalue weighted by atomic mass is 16.5. The summed E-state index contributed by atoms with van der Waals surface area (Å²) in [6.45, 7) is 8.82. The van der Waals surface area contributed by atoms with Crippen LogP contribution in [0.5, 0.6) is 0 Å². The molecule has 2 aliphatic heterocycles. The van der Waals surface area contributed by atoms with E-state index in [1.807, 2.05) is 0 Å². The van der Waals surface area contributed by atoms with E-state index in [-0.39, 0.29) is 28.8 Å². The molecule has 0 aromatic carbocycles. The molecule has 0 spiro atoms. The molecule has 0 bridgehead atoms. The van der Waals surface area contributed by atoms with E-state index < -0.39 is 11.7 Å². The molecule has 2 N–H and O–H groups in total. The van der Waals surface area contributed by atoms with Gasteiger partial charge < -0.3 is 24.7 Å². The lowest BCUT2D eigenvalue weighted by atomic mass is 9.43. The molecular weight excluding hydrogens is 468 g/mol. The van der Waals surface area contributed by atoms with E-state index in [2.05, 4.69) is 18.7 Å². The van der Waals surface area contributed by atoms with Gasteiger partial charge in [0, 0.05) is 30.6 Å². The average molecular weight is 515 g/mol. The first-order valence-electron chi connectivity index (χ1n) is 15.0. The lowest BCUT2D eigenvalue weighted by molar-refractivity contribution is -0.206. The Morgan fingerprint density at radius 2 is 1.86 bits per heavy atom. The largest absolute Gasteiger partial charge is 0.465 e. The van der Waals surface area contributed by atoms with Gasteiger partial charge in [0.15, 0.2) is 0 Å². The van der Waals surface area contributed by atoms with Gasteiger partial charge in [-0.15, -0.1) is 0 Å². The maximum Gasteiger partial charge on any atom is 0.407 e. The Hall–Kier alpha value is -1.60. The Balaban J connectivity index is 1.17. The van der Waals surface area contributed by atoms with Crippen LogP contribution in [0.4, 0.5) is 4.79 Å². The van der Waals surface area contributed by atoms with Crippen LogP contribution in [0, 0.1) is 34.5 Å². The van der Waals surface area contributed by atoms with Crippen molar-refractivity contribution in [3.05, 3.63) is 11.6 Å². The summed E-state index contributed by atoms with van der Waals surface area (Å²) in [5, 5.41) is 22.5. The fourth-order valence-electron chi connectivity index (χ4n) is 10.4. The predicted molar refractivity (Wildman–Crippen MR) is 140 cm³/mol. The van der Waals surface area contributed by atoms with Gasteiger partial charge in [0.25, 0.3) is 0 Å². The molecule has 8 atom stereocenters. The molecule has 5 fully saturated rings. The number of amides is 1. The molecule has 6 rings (SSSR count). The summed E-state index contributed by atoms with van der Waals surface area (Å²) in [6, 6.07) is 0.120. The number of carbonyl (C=O) groups excluding carboxylic acids is 1. The van der Waals surface area contributed by atoms with Gasteiger partial charge in [-0.1, -0.05) is 13.8 Å². The minimum absolute atomic E-state index is 0.120. The van der Waals surface area contributed by atoms with Gasteiger partial charge in [0.2, 0.25) is 0 Å². The quantitative estimate of drug-likeness (QED) is 0.518. The third-order valence-electron chi connectivity index (χ3n) is 12.5. The lowest BCUT2D eigenvalue weighted by Crippen LogP contribution is -2.63. The van der Waals surface area contributed by atoms with Crippen molar-refractivity contribution in [1.29, 1.82) is 0 Å². The van der Waals surface area contributed by atoms with Crippen molar-refractivity contribution in [2.75, 3.05) is 32.8 Å². The van der Waals surface area contributed by atoms with Gasteiger partial charge in [-0.05, 0) is 118 Å². The number of esters is 1. The molecule has 4 saturated carbocycles. The van der Waals surface area contributed by atoms with Gasteiger partial charge in [0.1, 0.15) is 6.61 Å². The molecule has 0 radical (unpaired) electrons. The fourth-order valence-corrected chi connectivity index (χ4v) is 10.4. The molecule has 4 aliphatic carbocycles. The maximum atomic E-state index is 12.4. The molecular formula is C30H46N2O5. The number of rotatable bonds is 5. The van der Waals surface area contributed by atoms with Crippen molar-refractivity contribution in [2.45, 2.75) is 96.1 Å². The van der Waals surface area contributed by atoms with Crippen molar-refractivity contribution >= 4 is 12.1 Å². The highest BCUT2D eigenvalue weighted by Crippen LogP contribution is 2.70. The number of aliphatic hydroxyl groups is 1. The van der Waals surface area contributed by atoms with Crippen LogP contribution in [0.2, 0.25) is 0 Å². The summed E-state index contributed by atoms with van der Waals surface area (Å²) in [5.74, 6) is 1.30. The predicted octanol–water partition coefficient (Wildman–Crippen LogP) is 4.69. The zero-order valence-electron chi connectivity index (χ0n) is 22.8. The zero-order valence-corrected chi connectivity index (χ0v) is 22.8. The van der Waals surface area contributed by atoms with Gasteiger partial charge in [-0.2, -0.15) is 0 Å². The van der Waals surface area contributed by atoms with Crippen LogP contribution in [0.15, 0.2) is 11.6 Å². The number of nitrogens with zero attached hydrogens (tertiary/aromatic N) is 2. The van der Waals surface area contributed by atoms with Gasteiger partial charge in [-0.3, -0.25) is 0 Å². The number of hydrogen-bond donors (Lipinski definition) is 2. The topological polar surface area (TPSA) is 90.3 Å². The number of fused-ring (bicyclic) bond motifs is 5. The van der Waals surface area contributed by atoms with Crippen LogP contribution < -0.4 is 0 Å². The standard InChI is InChI=1S/C30H46N2O5/c1-28-10-7-22(32(27(34)35)16-15-31-13-3-4-14-31)18-21(28)5-6-25-24(28)8-11-29(2)23(9-12-30(25,29)36)20-17-26(33)37-19-20/h17,21-25,36H,3-16,18-19H2,1-2H3,(H,34,35)/t21-,22+,23-,24+,25-,28+,29-,30+/m1/s1. The second-order valence-corrected chi connectivity index (χ2v) is 13.7. The first-order valence-corrected chi connectivity index (χ1v) is 15.0. The van der Waals surface area contributed by atoms with Crippen molar-refractivity contribution < 1.29 is 24.5 Å². The molecule has 1 amide bonds. The van der Waals surface area contributed by atoms with Crippen molar-refractivity contribution in [1.82, 2.24) is 9.80 Å². The molecule has 6 aliphatic rings. The van der Waals surface area contributed by atoms with E-state index >= 15 is 0 Å². The normalized spacial score (nSPS) is 45.5. The van der Waals surface area contributed by atoms with Gasteiger partial charge in [-0.25, -0.2) is 9.59 Å². The highest BCUT2D eigenvalue weighted by molar-refractivity contribution is 5.85. The highest BCUT2D eigenvalue weighted by Gasteiger charge is 2.67. The average Bonchev–Trinajstić information content (AvgIpc) is 3.59. The first kappa shape index (κ1) is 25.7. The van der Waals surface area contributed by atoms with Crippen LogP contribution in [-0.4, -0.2) is 76.5 Å². The summed E-state index contributed by atoms with van der Waals surface area (Å²) in [5.41, 5.74) is 0.356. The SMILES string of the molecule is C[C@]12CC[C@H](N(CCN3CCCC3)C(=O)O)C[C@H]1CC[C@@H]1[C@@H]2CC[C@]2(C)[C@@H](C3=CC(=O)OC3)CC[C@]12O. The lowest BCUT2D eigenvalue weighted by Gasteiger charge is -2.64. The number of ether oxygens (including phenoxy) is 1. The summed E-state index contributed by atoms with van der Waals surface area (Å²) in [4.78, 5) is 28.2. The maximum absolute atomic E-state index is 12.4. The minimum atomic E-state index is -0.759. The molecule has 7 heteroatoms.